The van der Waals surface area contributed by atoms with E-state index in [4.69, 9.17) is 21.8 Å². The van der Waals surface area contributed by atoms with E-state index in [1.54, 1.807) is 6.92 Å². The molecule has 0 saturated heterocycles. The number of thioether (sulfide) groups is 1. The summed E-state index contributed by atoms with van der Waals surface area (Å²) in [5, 5.41) is 25.3. The lowest BCUT2D eigenvalue weighted by Crippen LogP contribution is -2.25. The van der Waals surface area contributed by atoms with Gasteiger partial charge in [-0.2, -0.15) is 0 Å². The van der Waals surface area contributed by atoms with Crippen molar-refractivity contribution in [1.29, 1.82) is 0 Å². The van der Waals surface area contributed by atoms with E-state index in [-0.39, 0.29) is 18.6 Å². The zero-order valence-corrected chi connectivity index (χ0v) is 10.4. The molecule has 0 aromatic carbocycles. The Labute approximate surface area is 103 Å². The standard InChI is InChI=1S/C9H15ClO5S/c1-5(10)6(11)4-16-7(9(14)15)2-3-8(12)13/h5-7,11H,2-4H2,1H3,(H,12,13)(H,14,15). The van der Waals surface area contributed by atoms with Crippen molar-refractivity contribution in [2.75, 3.05) is 5.75 Å². The van der Waals surface area contributed by atoms with Gasteiger partial charge in [0.15, 0.2) is 0 Å². The number of aliphatic carboxylic acids is 2. The Balaban J connectivity index is 4.04. The highest BCUT2D eigenvalue weighted by molar-refractivity contribution is 8.00. The van der Waals surface area contributed by atoms with Crippen molar-refractivity contribution in [3.8, 4) is 0 Å². The Kier molecular flexibility index (Phi) is 7.53. The van der Waals surface area contributed by atoms with Crippen LogP contribution in [0.15, 0.2) is 0 Å². The predicted molar refractivity (Wildman–Crippen MR) is 62.1 cm³/mol. The van der Waals surface area contributed by atoms with Gasteiger partial charge in [-0.3, -0.25) is 9.59 Å². The van der Waals surface area contributed by atoms with Crippen molar-refractivity contribution in [3.05, 3.63) is 0 Å². The predicted octanol–water partition coefficient (Wildman–Crippen LogP) is 1.03. The van der Waals surface area contributed by atoms with E-state index in [1.165, 1.54) is 0 Å². The number of hydrogen-bond acceptors (Lipinski definition) is 4. The monoisotopic (exact) mass is 270 g/mol. The number of carbonyl (C=O) groups is 2. The number of aliphatic hydroxyl groups is 1. The van der Waals surface area contributed by atoms with E-state index in [1.807, 2.05) is 0 Å². The highest BCUT2D eigenvalue weighted by Gasteiger charge is 2.21. The van der Waals surface area contributed by atoms with Gasteiger partial charge in [0.25, 0.3) is 0 Å². The Hall–Kier alpha value is -0.460. The number of hydrogen-bond donors (Lipinski definition) is 3. The average Bonchev–Trinajstić information content (AvgIpc) is 2.15. The third kappa shape index (κ3) is 6.92. The van der Waals surface area contributed by atoms with Crippen molar-refractivity contribution in [3.63, 3.8) is 0 Å². The number of carboxylic acid groups (broad SMARTS) is 2. The molecule has 3 N–H and O–H groups in total. The van der Waals surface area contributed by atoms with Crippen LogP contribution in [0.5, 0.6) is 0 Å². The zero-order valence-electron chi connectivity index (χ0n) is 8.80. The first-order valence-electron chi connectivity index (χ1n) is 4.73. The summed E-state index contributed by atoms with van der Waals surface area (Å²) >= 11 is 6.62. The number of alkyl halides is 1. The summed E-state index contributed by atoms with van der Waals surface area (Å²) in [6.07, 6.45) is -0.951. The molecule has 0 aromatic rings. The quantitative estimate of drug-likeness (QED) is 0.570. The van der Waals surface area contributed by atoms with Gasteiger partial charge in [-0.25, -0.2) is 0 Å². The summed E-state index contributed by atoms with van der Waals surface area (Å²) in [4.78, 5) is 21.1. The molecular formula is C9H15ClO5S. The van der Waals surface area contributed by atoms with E-state index in [9.17, 15) is 14.7 Å². The van der Waals surface area contributed by atoms with Crippen molar-refractivity contribution in [2.45, 2.75) is 36.5 Å². The number of rotatable bonds is 8. The lowest BCUT2D eigenvalue weighted by Gasteiger charge is -2.15. The summed E-state index contributed by atoms with van der Waals surface area (Å²) in [5.74, 6) is -1.92. The third-order valence-electron chi connectivity index (χ3n) is 1.89. The second-order valence-corrected chi connectivity index (χ2v) is 5.26. The number of aliphatic hydroxyl groups excluding tert-OH is 1. The van der Waals surface area contributed by atoms with Crippen LogP contribution in [0.1, 0.15) is 19.8 Å². The Morgan fingerprint density at radius 3 is 2.31 bits per heavy atom. The second-order valence-electron chi connectivity index (χ2n) is 3.34. The SMILES string of the molecule is CC(Cl)C(O)CSC(CCC(=O)O)C(=O)O. The minimum absolute atomic E-state index is 0.0404. The molecule has 3 unspecified atom stereocenters. The van der Waals surface area contributed by atoms with Crippen LogP contribution in [-0.2, 0) is 9.59 Å². The van der Waals surface area contributed by atoms with Crippen molar-refractivity contribution in [2.24, 2.45) is 0 Å². The molecule has 0 aliphatic rings. The smallest absolute Gasteiger partial charge is 0.316 e. The van der Waals surface area contributed by atoms with Gasteiger partial charge in [0.2, 0.25) is 0 Å². The van der Waals surface area contributed by atoms with Crippen LogP contribution in [0.3, 0.4) is 0 Å². The molecule has 0 heterocycles. The fourth-order valence-electron chi connectivity index (χ4n) is 0.880. The molecule has 0 radical (unpaired) electrons. The molecule has 0 fully saturated rings. The first-order chi connectivity index (χ1) is 7.34. The van der Waals surface area contributed by atoms with Gasteiger partial charge >= 0.3 is 11.9 Å². The zero-order chi connectivity index (χ0) is 12.7. The maximum absolute atomic E-state index is 10.8. The number of halogens is 1. The first kappa shape index (κ1) is 15.5. The molecule has 0 spiro atoms. The Morgan fingerprint density at radius 1 is 1.38 bits per heavy atom. The van der Waals surface area contributed by atoms with Gasteiger partial charge in [0, 0.05) is 12.2 Å². The molecule has 3 atom stereocenters. The van der Waals surface area contributed by atoms with Gasteiger partial charge in [-0.05, 0) is 13.3 Å². The van der Waals surface area contributed by atoms with Crippen LogP contribution in [0.2, 0.25) is 0 Å². The molecule has 16 heavy (non-hydrogen) atoms. The first-order valence-corrected chi connectivity index (χ1v) is 6.21. The number of carboxylic acids is 2. The van der Waals surface area contributed by atoms with Gasteiger partial charge in [0.05, 0.1) is 11.5 Å². The lowest BCUT2D eigenvalue weighted by molar-refractivity contribution is -0.138. The second kappa shape index (κ2) is 7.76. The minimum atomic E-state index is -1.07. The maximum Gasteiger partial charge on any atom is 0.316 e. The molecule has 0 bridgehead atoms. The summed E-state index contributed by atoms with van der Waals surface area (Å²) < 4.78 is 0. The summed E-state index contributed by atoms with van der Waals surface area (Å²) in [7, 11) is 0. The lowest BCUT2D eigenvalue weighted by atomic mass is 10.2. The molecule has 94 valence electrons. The van der Waals surface area contributed by atoms with Gasteiger partial charge in [-0.15, -0.1) is 23.4 Å². The van der Waals surface area contributed by atoms with Gasteiger partial charge in [0.1, 0.15) is 5.25 Å². The minimum Gasteiger partial charge on any atom is -0.481 e. The molecule has 0 saturated carbocycles. The molecule has 0 aromatic heterocycles. The molecule has 0 aliphatic carbocycles. The van der Waals surface area contributed by atoms with E-state index in [0.717, 1.165) is 11.8 Å². The van der Waals surface area contributed by atoms with E-state index in [2.05, 4.69) is 0 Å². The molecule has 0 rings (SSSR count). The van der Waals surface area contributed by atoms with Crippen molar-refractivity contribution in [1.82, 2.24) is 0 Å². The van der Waals surface area contributed by atoms with Gasteiger partial charge < -0.3 is 15.3 Å². The third-order valence-corrected chi connectivity index (χ3v) is 3.56. The highest BCUT2D eigenvalue weighted by atomic mass is 35.5. The molecular weight excluding hydrogens is 256 g/mol. The van der Waals surface area contributed by atoms with Crippen molar-refractivity contribution >= 4 is 35.3 Å². The maximum atomic E-state index is 10.8. The van der Waals surface area contributed by atoms with Crippen LogP contribution < -0.4 is 0 Å². The van der Waals surface area contributed by atoms with Crippen LogP contribution in [0, 0.1) is 0 Å². The van der Waals surface area contributed by atoms with Crippen LogP contribution in [0.4, 0.5) is 0 Å². The Bertz CT molecular complexity index is 246. The van der Waals surface area contributed by atoms with Crippen LogP contribution >= 0.6 is 23.4 Å². The van der Waals surface area contributed by atoms with E-state index < -0.39 is 28.7 Å². The molecule has 0 amide bonds. The summed E-state index contributed by atoms with van der Waals surface area (Å²) in [6, 6.07) is 0. The van der Waals surface area contributed by atoms with Crippen molar-refractivity contribution < 1.29 is 24.9 Å². The summed E-state index contributed by atoms with van der Waals surface area (Å²) in [6.45, 7) is 1.61. The topological polar surface area (TPSA) is 94.8 Å². The largest absolute Gasteiger partial charge is 0.481 e. The van der Waals surface area contributed by atoms with E-state index >= 15 is 0 Å². The van der Waals surface area contributed by atoms with Crippen LogP contribution in [-0.4, -0.2) is 49.7 Å². The Morgan fingerprint density at radius 2 is 1.94 bits per heavy atom. The molecule has 7 heteroatoms. The molecule has 0 aliphatic heterocycles. The van der Waals surface area contributed by atoms with E-state index in [0.29, 0.717) is 0 Å². The molecule has 5 nitrogen and oxygen atoms in total. The normalized spacial score (nSPS) is 16.4. The van der Waals surface area contributed by atoms with Gasteiger partial charge in [-0.1, -0.05) is 0 Å². The summed E-state index contributed by atoms with van der Waals surface area (Å²) in [5.41, 5.74) is 0. The average molecular weight is 271 g/mol. The fraction of sp³-hybridized carbons (Fsp3) is 0.778. The highest BCUT2D eigenvalue weighted by Crippen LogP contribution is 2.19. The fourth-order valence-corrected chi connectivity index (χ4v) is 2.22. The van der Waals surface area contributed by atoms with Crippen LogP contribution in [0.25, 0.3) is 0 Å².